The fraction of sp³-hybridized carbons (Fsp3) is 0.208. The number of imidazole rings is 1. The molecule has 0 unspecified atom stereocenters. The zero-order chi connectivity index (χ0) is 23.1. The lowest BCUT2D eigenvalue weighted by atomic mass is 10.0. The van der Waals surface area contributed by atoms with Crippen LogP contribution in [0.3, 0.4) is 0 Å². The number of hydrogen-bond donors (Lipinski definition) is 1. The number of anilines is 2. The van der Waals surface area contributed by atoms with Gasteiger partial charge in [0, 0.05) is 24.4 Å². The van der Waals surface area contributed by atoms with Crippen molar-refractivity contribution >= 4 is 32.5 Å². The SMILES string of the molecule is Cc1ccc(Nc2nc3cc(S(C)(=O)=O)ccc3n2Cc2ccccc2C(C)(F)F)cc1. The summed E-state index contributed by atoms with van der Waals surface area (Å²) < 4.78 is 54.2. The minimum Gasteiger partial charge on any atom is -0.326 e. The maximum Gasteiger partial charge on any atom is 0.270 e. The minimum absolute atomic E-state index is 0.0594. The van der Waals surface area contributed by atoms with Gasteiger partial charge in [-0.05, 0) is 42.8 Å². The number of benzene rings is 3. The van der Waals surface area contributed by atoms with Gasteiger partial charge in [-0.1, -0.05) is 42.0 Å². The number of aromatic nitrogens is 2. The summed E-state index contributed by atoms with van der Waals surface area (Å²) in [6.07, 6.45) is 1.14. The quantitative estimate of drug-likeness (QED) is 0.408. The Kier molecular flexibility index (Phi) is 5.50. The molecule has 0 amide bonds. The fourth-order valence-corrected chi connectivity index (χ4v) is 4.26. The molecule has 0 aliphatic rings. The molecule has 3 aromatic carbocycles. The Bertz CT molecular complexity index is 1390. The number of aryl methyl sites for hydroxylation is 1. The van der Waals surface area contributed by atoms with Gasteiger partial charge in [-0.25, -0.2) is 22.2 Å². The van der Waals surface area contributed by atoms with Crippen molar-refractivity contribution in [2.24, 2.45) is 0 Å². The number of nitrogens with one attached hydrogen (secondary N) is 1. The number of halogens is 2. The molecule has 1 N–H and O–H groups in total. The normalized spacial score (nSPS) is 12.3. The summed E-state index contributed by atoms with van der Waals surface area (Å²) in [5.74, 6) is -2.57. The van der Waals surface area contributed by atoms with Crippen molar-refractivity contribution in [1.82, 2.24) is 9.55 Å². The molecule has 0 fully saturated rings. The number of nitrogens with zero attached hydrogens (tertiary/aromatic N) is 2. The van der Waals surface area contributed by atoms with E-state index in [-0.39, 0.29) is 17.0 Å². The van der Waals surface area contributed by atoms with Crippen molar-refractivity contribution in [2.75, 3.05) is 11.6 Å². The molecule has 0 saturated heterocycles. The lowest BCUT2D eigenvalue weighted by molar-refractivity contribution is 0.0165. The van der Waals surface area contributed by atoms with Crippen molar-refractivity contribution in [1.29, 1.82) is 0 Å². The standard InChI is InChI=1S/C24H23F2N3O2S/c1-16-8-10-18(11-9-16)27-23-28-21-14-19(32(3,30)31)12-13-22(21)29(23)15-17-6-4-5-7-20(17)24(2,25)26/h4-14H,15H2,1-3H3,(H,27,28). The zero-order valence-electron chi connectivity index (χ0n) is 17.9. The third-order valence-corrected chi connectivity index (χ3v) is 6.38. The molecule has 1 heterocycles. The Morgan fingerprint density at radius 3 is 2.38 bits per heavy atom. The highest BCUT2D eigenvalue weighted by atomic mass is 32.2. The maximum absolute atomic E-state index is 14.2. The van der Waals surface area contributed by atoms with E-state index in [1.54, 1.807) is 28.8 Å². The molecule has 0 atom stereocenters. The number of alkyl halides is 2. The molecule has 4 rings (SSSR count). The van der Waals surface area contributed by atoms with Gasteiger partial charge < -0.3 is 9.88 Å². The second kappa shape index (κ2) is 8.02. The molecular formula is C24H23F2N3O2S. The Labute approximate surface area is 185 Å². The van der Waals surface area contributed by atoms with E-state index in [4.69, 9.17) is 0 Å². The van der Waals surface area contributed by atoms with Crippen LogP contribution < -0.4 is 5.32 Å². The Balaban J connectivity index is 1.86. The van der Waals surface area contributed by atoms with Crippen molar-refractivity contribution in [3.8, 4) is 0 Å². The average molecular weight is 456 g/mol. The third-order valence-electron chi connectivity index (χ3n) is 5.27. The highest BCUT2D eigenvalue weighted by molar-refractivity contribution is 7.90. The summed E-state index contributed by atoms with van der Waals surface area (Å²) in [5.41, 5.74) is 3.38. The predicted octanol–water partition coefficient (Wildman–Crippen LogP) is 5.65. The molecule has 8 heteroatoms. The van der Waals surface area contributed by atoms with E-state index in [0.717, 1.165) is 24.4 Å². The number of fused-ring (bicyclic) bond motifs is 1. The van der Waals surface area contributed by atoms with E-state index < -0.39 is 15.8 Å². The topological polar surface area (TPSA) is 64.0 Å². The lowest BCUT2D eigenvalue weighted by Gasteiger charge is -2.18. The van der Waals surface area contributed by atoms with Gasteiger partial charge in [0.2, 0.25) is 5.95 Å². The van der Waals surface area contributed by atoms with E-state index in [1.807, 2.05) is 31.2 Å². The van der Waals surface area contributed by atoms with Gasteiger partial charge >= 0.3 is 0 Å². The molecule has 5 nitrogen and oxygen atoms in total. The number of sulfone groups is 1. The summed E-state index contributed by atoms with van der Waals surface area (Å²) in [5, 5.41) is 3.24. The molecule has 0 bridgehead atoms. The van der Waals surface area contributed by atoms with E-state index in [9.17, 15) is 17.2 Å². The summed E-state index contributed by atoms with van der Waals surface area (Å²) in [6, 6.07) is 18.8. The van der Waals surface area contributed by atoms with Crippen LogP contribution >= 0.6 is 0 Å². The molecule has 0 saturated carbocycles. The fourth-order valence-electron chi connectivity index (χ4n) is 3.62. The first-order valence-corrected chi connectivity index (χ1v) is 11.9. The smallest absolute Gasteiger partial charge is 0.270 e. The summed E-state index contributed by atoms with van der Waals surface area (Å²) in [6.45, 7) is 3.00. The largest absolute Gasteiger partial charge is 0.326 e. The van der Waals surface area contributed by atoms with Crippen molar-refractivity contribution < 1.29 is 17.2 Å². The molecule has 0 aliphatic heterocycles. The molecule has 1 aromatic heterocycles. The van der Waals surface area contributed by atoms with Crippen LogP contribution in [0.25, 0.3) is 11.0 Å². The Hall–Kier alpha value is -3.26. The Morgan fingerprint density at radius 1 is 1.03 bits per heavy atom. The summed E-state index contributed by atoms with van der Waals surface area (Å²) in [7, 11) is -3.42. The Morgan fingerprint density at radius 2 is 1.72 bits per heavy atom. The summed E-state index contributed by atoms with van der Waals surface area (Å²) >= 11 is 0. The van der Waals surface area contributed by atoms with Gasteiger partial charge in [0.15, 0.2) is 9.84 Å². The average Bonchev–Trinajstić information content (AvgIpc) is 3.05. The van der Waals surface area contributed by atoms with Crippen LogP contribution in [0.15, 0.2) is 71.6 Å². The van der Waals surface area contributed by atoms with E-state index in [0.29, 0.717) is 22.5 Å². The molecule has 0 radical (unpaired) electrons. The van der Waals surface area contributed by atoms with Gasteiger partial charge in [0.25, 0.3) is 5.92 Å². The van der Waals surface area contributed by atoms with Crippen LogP contribution in [0.2, 0.25) is 0 Å². The highest BCUT2D eigenvalue weighted by Gasteiger charge is 2.27. The van der Waals surface area contributed by atoms with Crippen molar-refractivity contribution in [2.45, 2.75) is 31.2 Å². The van der Waals surface area contributed by atoms with E-state index in [2.05, 4.69) is 10.3 Å². The zero-order valence-corrected chi connectivity index (χ0v) is 18.7. The van der Waals surface area contributed by atoms with Crippen molar-refractivity contribution in [3.63, 3.8) is 0 Å². The molecule has 32 heavy (non-hydrogen) atoms. The summed E-state index contributed by atoms with van der Waals surface area (Å²) in [4.78, 5) is 4.74. The molecule has 166 valence electrons. The van der Waals surface area contributed by atoms with Gasteiger partial charge in [0.05, 0.1) is 22.5 Å². The maximum atomic E-state index is 14.2. The molecule has 0 aliphatic carbocycles. The second-order valence-corrected chi connectivity index (χ2v) is 10.00. The van der Waals surface area contributed by atoms with E-state index in [1.165, 1.54) is 18.2 Å². The first kappa shape index (κ1) is 22.0. The third kappa shape index (κ3) is 4.50. The first-order valence-electron chi connectivity index (χ1n) is 10.0. The number of rotatable bonds is 6. The lowest BCUT2D eigenvalue weighted by Crippen LogP contribution is -2.14. The molecule has 0 spiro atoms. The number of hydrogen-bond acceptors (Lipinski definition) is 4. The van der Waals surface area contributed by atoms with Crippen LogP contribution in [0.1, 0.15) is 23.6 Å². The van der Waals surface area contributed by atoms with Crippen LogP contribution in [-0.2, 0) is 22.3 Å². The minimum atomic E-state index is -3.42. The van der Waals surface area contributed by atoms with Crippen molar-refractivity contribution in [3.05, 3.63) is 83.4 Å². The first-order chi connectivity index (χ1) is 15.0. The molecule has 4 aromatic rings. The molecular weight excluding hydrogens is 432 g/mol. The van der Waals surface area contributed by atoms with Gasteiger partial charge in [-0.15, -0.1) is 0 Å². The second-order valence-electron chi connectivity index (χ2n) is 7.98. The van der Waals surface area contributed by atoms with Gasteiger partial charge in [0.1, 0.15) is 0 Å². The highest BCUT2D eigenvalue weighted by Crippen LogP contribution is 2.32. The van der Waals surface area contributed by atoms with E-state index >= 15 is 0 Å². The van der Waals surface area contributed by atoms with Gasteiger partial charge in [-0.3, -0.25) is 0 Å². The van der Waals surface area contributed by atoms with Crippen LogP contribution in [0.5, 0.6) is 0 Å². The monoisotopic (exact) mass is 455 g/mol. The van der Waals surface area contributed by atoms with Crippen LogP contribution in [0, 0.1) is 6.92 Å². The van der Waals surface area contributed by atoms with Gasteiger partial charge in [-0.2, -0.15) is 0 Å². The predicted molar refractivity (Wildman–Crippen MR) is 122 cm³/mol. The van der Waals surface area contributed by atoms with Crippen LogP contribution in [-0.4, -0.2) is 24.2 Å². The van der Waals surface area contributed by atoms with Crippen LogP contribution in [0.4, 0.5) is 20.4 Å².